The Kier molecular flexibility index (Phi) is 6.74. The van der Waals surface area contributed by atoms with E-state index in [1.807, 2.05) is 37.4 Å². The highest BCUT2D eigenvalue weighted by molar-refractivity contribution is 5.93. The number of hydrogen-bond acceptors (Lipinski definition) is 5. The molecular formula is C22H26ClN5O2. The van der Waals surface area contributed by atoms with Gasteiger partial charge >= 0.3 is 0 Å². The summed E-state index contributed by atoms with van der Waals surface area (Å²) < 4.78 is 0. The lowest BCUT2D eigenvalue weighted by molar-refractivity contribution is 0.100. The maximum Gasteiger partial charge on any atom is 0.251 e. The number of aromatic amines is 1. The van der Waals surface area contributed by atoms with Crippen LogP contribution in [0.15, 0.2) is 47.4 Å². The standard InChI is InChI=1S/C22H25N5O2.ClH/c1-2-15-11-19-20(26-22(15)29)10-14(12-25-19)9-18-13-24-7-8-27(18)17-5-3-16(4-6-17)21(23)28;/h3-6,10-12,18,24H,2,7-9,13H2,1H3,(H2,23,28)(H,26,29);1H. The van der Waals surface area contributed by atoms with Crippen LogP contribution in [-0.4, -0.2) is 41.6 Å². The van der Waals surface area contributed by atoms with Gasteiger partial charge in [-0.2, -0.15) is 0 Å². The van der Waals surface area contributed by atoms with E-state index in [1.54, 1.807) is 12.1 Å². The number of hydrogen-bond donors (Lipinski definition) is 3. The van der Waals surface area contributed by atoms with Gasteiger partial charge in [-0.05, 0) is 54.8 Å². The van der Waals surface area contributed by atoms with E-state index in [2.05, 4.69) is 20.2 Å². The van der Waals surface area contributed by atoms with E-state index in [-0.39, 0.29) is 24.0 Å². The summed E-state index contributed by atoms with van der Waals surface area (Å²) in [6.07, 6.45) is 3.38. The number of pyridine rings is 2. The maximum absolute atomic E-state index is 12.1. The van der Waals surface area contributed by atoms with Crippen LogP contribution in [0, 0.1) is 0 Å². The molecule has 4 rings (SSSR count). The summed E-state index contributed by atoms with van der Waals surface area (Å²) in [5.41, 5.74) is 10.3. The summed E-state index contributed by atoms with van der Waals surface area (Å²) in [6.45, 7) is 4.59. The summed E-state index contributed by atoms with van der Waals surface area (Å²) >= 11 is 0. The second-order valence-corrected chi connectivity index (χ2v) is 7.42. The normalized spacial score (nSPS) is 16.3. The minimum atomic E-state index is -0.420. The van der Waals surface area contributed by atoms with Crippen molar-refractivity contribution in [3.63, 3.8) is 0 Å². The third kappa shape index (κ3) is 4.47. The fourth-order valence-electron chi connectivity index (χ4n) is 3.91. The largest absolute Gasteiger partial charge is 0.366 e. The molecule has 0 spiro atoms. The van der Waals surface area contributed by atoms with E-state index >= 15 is 0 Å². The van der Waals surface area contributed by atoms with Gasteiger partial charge in [0.2, 0.25) is 5.91 Å². The molecule has 158 valence electrons. The first-order valence-electron chi connectivity index (χ1n) is 9.93. The van der Waals surface area contributed by atoms with Gasteiger partial charge < -0.3 is 20.9 Å². The number of nitrogens with one attached hydrogen (secondary N) is 2. The van der Waals surface area contributed by atoms with E-state index in [9.17, 15) is 9.59 Å². The second kappa shape index (κ2) is 9.28. The lowest BCUT2D eigenvalue weighted by Crippen LogP contribution is -2.52. The minimum absolute atomic E-state index is 0. The number of primary amides is 1. The van der Waals surface area contributed by atoms with Crippen LogP contribution in [0.3, 0.4) is 0 Å². The molecule has 7 nitrogen and oxygen atoms in total. The van der Waals surface area contributed by atoms with Crippen LogP contribution in [-0.2, 0) is 12.8 Å². The fourth-order valence-corrected chi connectivity index (χ4v) is 3.91. The minimum Gasteiger partial charge on any atom is -0.366 e. The molecule has 1 saturated heterocycles. The second-order valence-electron chi connectivity index (χ2n) is 7.42. The molecule has 0 saturated carbocycles. The van der Waals surface area contributed by atoms with Crippen LogP contribution in [0.5, 0.6) is 0 Å². The summed E-state index contributed by atoms with van der Waals surface area (Å²) in [7, 11) is 0. The molecule has 1 unspecified atom stereocenters. The summed E-state index contributed by atoms with van der Waals surface area (Å²) in [5, 5.41) is 3.45. The Morgan fingerprint density at radius 1 is 1.27 bits per heavy atom. The Bertz CT molecular complexity index is 1100. The molecule has 3 heterocycles. The third-order valence-electron chi connectivity index (χ3n) is 5.51. The Labute approximate surface area is 181 Å². The Morgan fingerprint density at radius 3 is 2.73 bits per heavy atom. The van der Waals surface area contributed by atoms with E-state index < -0.39 is 5.91 Å². The van der Waals surface area contributed by atoms with Gasteiger partial charge in [0, 0.05) is 48.7 Å². The van der Waals surface area contributed by atoms with Gasteiger partial charge in [0.15, 0.2) is 0 Å². The topological polar surface area (TPSA) is 104 Å². The van der Waals surface area contributed by atoms with Gasteiger partial charge in [-0.1, -0.05) is 6.92 Å². The predicted octanol–water partition coefficient (Wildman–Crippen LogP) is 2.03. The van der Waals surface area contributed by atoms with Crippen LogP contribution in [0.25, 0.3) is 11.0 Å². The van der Waals surface area contributed by atoms with Gasteiger partial charge in [0.1, 0.15) is 0 Å². The number of fused-ring (bicyclic) bond motifs is 1. The molecule has 1 aliphatic rings. The first-order chi connectivity index (χ1) is 14.0. The smallest absolute Gasteiger partial charge is 0.251 e. The Balaban J connectivity index is 0.00000256. The number of aromatic nitrogens is 2. The number of benzene rings is 1. The number of nitrogens with two attached hydrogens (primary N) is 1. The van der Waals surface area contributed by atoms with Crippen molar-refractivity contribution >= 4 is 35.0 Å². The molecular weight excluding hydrogens is 402 g/mol. The van der Waals surface area contributed by atoms with Crippen molar-refractivity contribution in [1.29, 1.82) is 0 Å². The predicted molar refractivity (Wildman–Crippen MR) is 122 cm³/mol. The van der Waals surface area contributed by atoms with Gasteiger partial charge in [-0.25, -0.2) is 0 Å². The first kappa shape index (κ1) is 21.8. The number of H-pyrrole nitrogens is 1. The van der Waals surface area contributed by atoms with E-state index in [0.29, 0.717) is 12.0 Å². The van der Waals surface area contributed by atoms with Gasteiger partial charge in [-0.15, -0.1) is 12.4 Å². The number of rotatable bonds is 5. The van der Waals surface area contributed by atoms with Crippen molar-refractivity contribution in [2.75, 3.05) is 24.5 Å². The molecule has 8 heteroatoms. The van der Waals surface area contributed by atoms with Crippen LogP contribution >= 0.6 is 12.4 Å². The highest BCUT2D eigenvalue weighted by atomic mass is 35.5. The lowest BCUT2D eigenvalue weighted by Gasteiger charge is -2.38. The molecule has 1 amide bonds. The van der Waals surface area contributed by atoms with E-state index in [4.69, 9.17) is 5.73 Å². The Hall–Kier alpha value is -2.90. The molecule has 1 aliphatic heterocycles. The third-order valence-corrected chi connectivity index (χ3v) is 5.51. The monoisotopic (exact) mass is 427 g/mol. The average molecular weight is 428 g/mol. The SMILES string of the molecule is CCc1cc2ncc(CC3CNCCN3c3ccc(C(N)=O)cc3)cc2[nH]c1=O.Cl. The molecule has 1 atom stereocenters. The number of carbonyl (C=O) groups is 1. The van der Waals surface area contributed by atoms with Crippen molar-refractivity contribution in [1.82, 2.24) is 15.3 Å². The molecule has 0 bridgehead atoms. The number of aryl methyl sites for hydroxylation is 1. The summed E-state index contributed by atoms with van der Waals surface area (Å²) in [4.78, 5) is 33.3. The highest BCUT2D eigenvalue weighted by Gasteiger charge is 2.23. The molecule has 2 aromatic heterocycles. The molecule has 1 fully saturated rings. The number of nitrogens with zero attached hydrogens (tertiary/aromatic N) is 2. The van der Waals surface area contributed by atoms with Crippen LogP contribution in [0.4, 0.5) is 5.69 Å². The quantitative estimate of drug-likeness (QED) is 0.578. The van der Waals surface area contributed by atoms with E-state index in [0.717, 1.165) is 53.9 Å². The van der Waals surface area contributed by atoms with Gasteiger partial charge in [0.25, 0.3) is 5.56 Å². The van der Waals surface area contributed by atoms with Crippen molar-refractivity contribution in [3.05, 3.63) is 69.6 Å². The van der Waals surface area contributed by atoms with Crippen LogP contribution in [0.2, 0.25) is 0 Å². The maximum atomic E-state index is 12.1. The number of anilines is 1. The van der Waals surface area contributed by atoms with Gasteiger partial charge in [-0.3, -0.25) is 14.6 Å². The van der Waals surface area contributed by atoms with Crippen molar-refractivity contribution in [2.24, 2.45) is 5.73 Å². The summed E-state index contributed by atoms with van der Waals surface area (Å²) in [6, 6.07) is 11.6. The fraction of sp³-hybridized carbons (Fsp3) is 0.318. The average Bonchev–Trinajstić information content (AvgIpc) is 2.73. The highest BCUT2D eigenvalue weighted by Crippen LogP contribution is 2.22. The van der Waals surface area contributed by atoms with Crippen LogP contribution in [0.1, 0.15) is 28.4 Å². The Morgan fingerprint density at radius 2 is 2.03 bits per heavy atom. The van der Waals surface area contributed by atoms with Crippen molar-refractivity contribution < 1.29 is 4.79 Å². The summed E-state index contributed by atoms with van der Waals surface area (Å²) in [5.74, 6) is -0.420. The molecule has 4 N–H and O–H groups in total. The first-order valence-corrected chi connectivity index (χ1v) is 9.93. The number of piperazine rings is 1. The molecule has 0 aliphatic carbocycles. The number of amides is 1. The van der Waals surface area contributed by atoms with Crippen LogP contribution < -0.4 is 21.5 Å². The molecule has 3 aromatic rings. The number of carbonyl (C=O) groups excluding carboxylic acids is 1. The molecule has 1 aromatic carbocycles. The van der Waals surface area contributed by atoms with Gasteiger partial charge in [0.05, 0.1) is 11.0 Å². The molecule has 30 heavy (non-hydrogen) atoms. The lowest BCUT2D eigenvalue weighted by atomic mass is 10.0. The zero-order valence-electron chi connectivity index (χ0n) is 16.9. The van der Waals surface area contributed by atoms with E-state index in [1.165, 1.54) is 0 Å². The molecule has 0 radical (unpaired) electrons. The zero-order valence-corrected chi connectivity index (χ0v) is 17.7. The van der Waals surface area contributed by atoms with Crippen molar-refractivity contribution in [2.45, 2.75) is 25.8 Å². The van der Waals surface area contributed by atoms with Crippen molar-refractivity contribution in [3.8, 4) is 0 Å². The number of halogens is 1. The zero-order chi connectivity index (χ0) is 20.4.